The summed E-state index contributed by atoms with van der Waals surface area (Å²) in [6.45, 7) is 0.972. The van der Waals surface area contributed by atoms with Gasteiger partial charge in [-0.2, -0.15) is 11.3 Å². The number of hydrogen-bond donors (Lipinski definition) is 1. The summed E-state index contributed by atoms with van der Waals surface area (Å²) in [5.41, 5.74) is 7.56. The van der Waals surface area contributed by atoms with Crippen LogP contribution in [0.5, 0.6) is 5.75 Å². The van der Waals surface area contributed by atoms with Gasteiger partial charge in [0.1, 0.15) is 0 Å². The van der Waals surface area contributed by atoms with E-state index < -0.39 is 0 Å². The minimum atomic E-state index is -0.314. The van der Waals surface area contributed by atoms with Gasteiger partial charge >= 0.3 is 0 Å². The molecule has 2 aromatic rings. The van der Waals surface area contributed by atoms with Gasteiger partial charge in [-0.3, -0.25) is 0 Å². The lowest BCUT2D eigenvalue weighted by molar-refractivity contribution is 0.302. The summed E-state index contributed by atoms with van der Waals surface area (Å²) >= 11 is 1.65. The molecule has 0 atom stereocenters. The lowest BCUT2D eigenvalue weighted by Gasteiger charge is -2.11. The molecule has 1 aromatic carbocycles. The molecule has 0 amide bonds. The highest BCUT2D eigenvalue weighted by Gasteiger charge is 2.09. The van der Waals surface area contributed by atoms with E-state index in [4.69, 9.17) is 10.5 Å². The van der Waals surface area contributed by atoms with E-state index in [1.54, 1.807) is 17.4 Å². The maximum absolute atomic E-state index is 13.7. The fourth-order valence-corrected chi connectivity index (χ4v) is 2.48. The standard InChI is InChI=1S/C14H16FNOS/c15-13-3-1-2-12(4-7-16)14(13)17-8-5-11-6-9-18-10-11/h1-3,6,9-10H,4-5,7-8,16H2. The Bertz CT molecular complexity index is 485. The van der Waals surface area contributed by atoms with Crippen molar-refractivity contribution in [3.63, 3.8) is 0 Å². The van der Waals surface area contributed by atoms with Crippen LogP contribution >= 0.6 is 11.3 Å². The number of benzene rings is 1. The third kappa shape index (κ3) is 3.31. The SMILES string of the molecule is NCCc1cccc(F)c1OCCc1ccsc1. The van der Waals surface area contributed by atoms with Gasteiger partial charge in [0.15, 0.2) is 11.6 Å². The fraction of sp³-hybridized carbons (Fsp3) is 0.286. The Labute approximate surface area is 110 Å². The number of halogens is 1. The predicted molar refractivity (Wildman–Crippen MR) is 72.7 cm³/mol. The van der Waals surface area contributed by atoms with E-state index in [-0.39, 0.29) is 5.82 Å². The van der Waals surface area contributed by atoms with E-state index in [1.165, 1.54) is 11.6 Å². The van der Waals surface area contributed by atoms with Crippen LogP contribution in [0.15, 0.2) is 35.0 Å². The Morgan fingerprint density at radius 1 is 1.22 bits per heavy atom. The fourth-order valence-electron chi connectivity index (χ4n) is 1.77. The van der Waals surface area contributed by atoms with Crippen molar-refractivity contribution >= 4 is 11.3 Å². The number of nitrogens with two attached hydrogens (primary N) is 1. The third-order valence-corrected chi connectivity index (χ3v) is 3.41. The monoisotopic (exact) mass is 265 g/mol. The smallest absolute Gasteiger partial charge is 0.165 e. The van der Waals surface area contributed by atoms with Crippen molar-refractivity contribution in [1.82, 2.24) is 0 Å². The molecule has 2 N–H and O–H groups in total. The van der Waals surface area contributed by atoms with E-state index in [9.17, 15) is 4.39 Å². The Hall–Kier alpha value is -1.39. The van der Waals surface area contributed by atoms with Crippen LogP contribution in [-0.4, -0.2) is 13.2 Å². The molecule has 0 aliphatic carbocycles. The van der Waals surface area contributed by atoms with E-state index >= 15 is 0 Å². The number of ether oxygens (including phenoxy) is 1. The lowest BCUT2D eigenvalue weighted by atomic mass is 10.1. The minimum Gasteiger partial charge on any atom is -0.490 e. The van der Waals surface area contributed by atoms with Gasteiger partial charge in [0.2, 0.25) is 0 Å². The largest absolute Gasteiger partial charge is 0.490 e. The summed E-state index contributed by atoms with van der Waals surface area (Å²) in [6.07, 6.45) is 1.42. The highest BCUT2D eigenvalue weighted by molar-refractivity contribution is 7.07. The average molecular weight is 265 g/mol. The lowest BCUT2D eigenvalue weighted by Crippen LogP contribution is -2.08. The maximum atomic E-state index is 13.7. The molecule has 96 valence electrons. The molecule has 0 radical (unpaired) electrons. The molecule has 0 saturated heterocycles. The van der Waals surface area contributed by atoms with Gasteiger partial charge in [0, 0.05) is 6.42 Å². The van der Waals surface area contributed by atoms with Crippen LogP contribution in [-0.2, 0) is 12.8 Å². The summed E-state index contributed by atoms with van der Waals surface area (Å²) in [5, 5.41) is 4.10. The molecule has 0 bridgehead atoms. The van der Waals surface area contributed by atoms with Crippen LogP contribution in [0.25, 0.3) is 0 Å². The minimum absolute atomic E-state index is 0.314. The molecular formula is C14H16FNOS. The van der Waals surface area contributed by atoms with Gasteiger partial charge < -0.3 is 10.5 Å². The van der Waals surface area contributed by atoms with Crippen LogP contribution < -0.4 is 10.5 Å². The topological polar surface area (TPSA) is 35.2 Å². The highest BCUT2D eigenvalue weighted by atomic mass is 32.1. The first-order chi connectivity index (χ1) is 8.81. The predicted octanol–water partition coefficient (Wildman–Crippen LogP) is 3.01. The first-order valence-electron chi connectivity index (χ1n) is 5.92. The van der Waals surface area contributed by atoms with E-state index in [0.29, 0.717) is 25.3 Å². The second kappa shape index (κ2) is 6.52. The summed E-state index contributed by atoms with van der Waals surface area (Å²) in [5.74, 6) is 0.0319. The quantitative estimate of drug-likeness (QED) is 0.871. The molecule has 0 aliphatic heterocycles. The van der Waals surface area contributed by atoms with E-state index in [2.05, 4.69) is 11.4 Å². The van der Waals surface area contributed by atoms with Gasteiger partial charge in [-0.15, -0.1) is 0 Å². The Balaban J connectivity index is 1.99. The molecule has 18 heavy (non-hydrogen) atoms. The van der Waals surface area contributed by atoms with Gasteiger partial charge in [-0.05, 0) is 47.0 Å². The molecule has 0 saturated carbocycles. The van der Waals surface area contributed by atoms with Crippen molar-refractivity contribution in [2.75, 3.05) is 13.2 Å². The zero-order valence-electron chi connectivity index (χ0n) is 10.1. The van der Waals surface area contributed by atoms with Crippen LogP contribution in [0.4, 0.5) is 4.39 Å². The second-order valence-corrected chi connectivity index (χ2v) is 4.78. The van der Waals surface area contributed by atoms with Gasteiger partial charge in [-0.25, -0.2) is 4.39 Å². The molecule has 0 fully saturated rings. The van der Waals surface area contributed by atoms with E-state index in [1.807, 2.05) is 11.4 Å². The van der Waals surface area contributed by atoms with Crippen molar-refractivity contribution in [1.29, 1.82) is 0 Å². The van der Waals surface area contributed by atoms with Crippen molar-refractivity contribution in [3.8, 4) is 5.75 Å². The maximum Gasteiger partial charge on any atom is 0.165 e. The first kappa shape index (κ1) is 13.1. The number of hydrogen-bond acceptors (Lipinski definition) is 3. The van der Waals surface area contributed by atoms with Crippen LogP contribution in [0.3, 0.4) is 0 Å². The number of para-hydroxylation sites is 1. The summed E-state index contributed by atoms with van der Waals surface area (Å²) in [4.78, 5) is 0. The summed E-state index contributed by atoms with van der Waals surface area (Å²) in [7, 11) is 0. The van der Waals surface area contributed by atoms with Gasteiger partial charge in [-0.1, -0.05) is 12.1 Å². The Morgan fingerprint density at radius 3 is 2.83 bits per heavy atom. The molecule has 1 aromatic heterocycles. The Kier molecular flexibility index (Phi) is 4.73. The van der Waals surface area contributed by atoms with Crippen LogP contribution in [0.2, 0.25) is 0 Å². The van der Waals surface area contributed by atoms with Crippen LogP contribution in [0.1, 0.15) is 11.1 Å². The highest BCUT2D eigenvalue weighted by Crippen LogP contribution is 2.23. The van der Waals surface area contributed by atoms with Crippen molar-refractivity contribution in [3.05, 3.63) is 52.0 Å². The first-order valence-corrected chi connectivity index (χ1v) is 6.87. The van der Waals surface area contributed by atoms with Crippen molar-refractivity contribution < 1.29 is 9.13 Å². The molecule has 0 aliphatic rings. The van der Waals surface area contributed by atoms with Gasteiger partial charge in [0.25, 0.3) is 0 Å². The average Bonchev–Trinajstić information content (AvgIpc) is 2.86. The number of rotatable bonds is 6. The number of thiophene rings is 1. The molecular weight excluding hydrogens is 249 g/mol. The normalized spacial score (nSPS) is 10.6. The molecule has 1 heterocycles. The summed E-state index contributed by atoms with van der Waals surface area (Å²) < 4.78 is 19.2. The van der Waals surface area contributed by atoms with Gasteiger partial charge in [0.05, 0.1) is 6.61 Å². The molecule has 4 heteroatoms. The van der Waals surface area contributed by atoms with Crippen LogP contribution in [0, 0.1) is 5.82 Å². The van der Waals surface area contributed by atoms with E-state index in [0.717, 1.165) is 12.0 Å². The molecule has 0 unspecified atom stereocenters. The van der Waals surface area contributed by atoms with Crippen molar-refractivity contribution in [2.24, 2.45) is 5.73 Å². The van der Waals surface area contributed by atoms with Crippen molar-refractivity contribution in [2.45, 2.75) is 12.8 Å². The molecule has 2 nitrogen and oxygen atoms in total. The molecule has 2 rings (SSSR count). The Morgan fingerprint density at radius 2 is 2.11 bits per heavy atom. The second-order valence-electron chi connectivity index (χ2n) is 4.00. The molecule has 0 spiro atoms. The zero-order valence-corrected chi connectivity index (χ0v) is 10.9. The third-order valence-electron chi connectivity index (χ3n) is 2.68. The zero-order chi connectivity index (χ0) is 12.8. The summed E-state index contributed by atoms with van der Waals surface area (Å²) in [6, 6.07) is 7.01.